The summed E-state index contributed by atoms with van der Waals surface area (Å²) in [6.07, 6.45) is 3.07. The van der Waals surface area contributed by atoms with Crippen LogP contribution in [-0.4, -0.2) is 23.0 Å². The maximum Gasteiger partial charge on any atom is 0.326 e. The molecule has 2 aromatic rings. The van der Waals surface area contributed by atoms with Crippen molar-refractivity contribution >= 4 is 29.1 Å². The Hall–Kier alpha value is -2.59. The number of amides is 1. The van der Waals surface area contributed by atoms with E-state index in [1.807, 2.05) is 30.3 Å². The summed E-state index contributed by atoms with van der Waals surface area (Å²) in [4.78, 5) is 23.8. The van der Waals surface area contributed by atoms with Crippen LogP contribution in [-0.2, 0) is 11.2 Å². The molecule has 1 amide bonds. The first-order chi connectivity index (χ1) is 11.5. The quantitative estimate of drug-likeness (QED) is 0.874. The van der Waals surface area contributed by atoms with Crippen molar-refractivity contribution < 1.29 is 14.7 Å². The van der Waals surface area contributed by atoms with Crippen molar-refractivity contribution in [2.45, 2.75) is 18.9 Å². The highest BCUT2D eigenvalue weighted by molar-refractivity contribution is 6.30. The first kappa shape index (κ1) is 16.3. The van der Waals surface area contributed by atoms with Crippen LogP contribution < -0.4 is 5.32 Å². The molecule has 0 aliphatic heterocycles. The highest BCUT2D eigenvalue weighted by Gasteiger charge is 2.24. The van der Waals surface area contributed by atoms with Gasteiger partial charge in [0.25, 0.3) is 5.91 Å². The lowest BCUT2D eigenvalue weighted by molar-refractivity contribution is -0.139. The van der Waals surface area contributed by atoms with Crippen LogP contribution in [0, 0.1) is 0 Å². The summed E-state index contributed by atoms with van der Waals surface area (Å²) in [5, 5.41) is 12.6. The molecule has 1 aliphatic rings. The number of halogens is 1. The van der Waals surface area contributed by atoms with Gasteiger partial charge in [-0.05, 0) is 47.4 Å². The van der Waals surface area contributed by atoms with Gasteiger partial charge in [0.2, 0.25) is 0 Å². The van der Waals surface area contributed by atoms with E-state index < -0.39 is 17.9 Å². The number of nitrogens with one attached hydrogen (secondary N) is 1. The van der Waals surface area contributed by atoms with Crippen LogP contribution in [0.5, 0.6) is 0 Å². The molecule has 24 heavy (non-hydrogen) atoms. The van der Waals surface area contributed by atoms with Gasteiger partial charge < -0.3 is 10.4 Å². The Morgan fingerprint density at radius 3 is 2.54 bits per heavy atom. The Bertz CT molecular complexity index is 812. The molecular formula is C19H16ClNO3. The number of carboxylic acid groups (broad SMARTS) is 1. The van der Waals surface area contributed by atoms with Gasteiger partial charge in [-0.3, -0.25) is 4.79 Å². The zero-order chi connectivity index (χ0) is 17.1. The van der Waals surface area contributed by atoms with Gasteiger partial charge in [-0.25, -0.2) is 4.79 Å². The van der Waals surface area contributed by atoms with Crippen LogP contribution in [0.2, 0.25) is 5.02 Å². The molecule has 0 bridgehead atoms. The smallest absolute Gasteiger partial charge is 0.326 e. The van der Waals surface area contributed by atoms with Crippen LogP contribution >= 0.6 is 11.6 Å². The SMILES string of the molecule is O=C(N[C@@H](CC1=CCc2ccccc21)C(=O)O)c1ccc(Cl)cc1. The van der Waals surface area contributed by atoms with Crippen molar-refractivity contribution in [1.82, 2.24) is 5.32 Å². The Morgan fingerprint density at radius 2 is 1.83 bits per heavy atom. The van der Waals surface area contributed by atoms with Crippen molar-refractivity contribution in [3.05, 3.63) is 76.3 Å². The third kappa shape index (κ3) is 3.49. The van der Waals surface area contributed by atoms with Crippen molar-refractivity contribution in [2.75, 3.05) is 0 Å². The van der Waals surface area contributed by atoms with Crippen LogP contribution in [0.25, 0.3) is 5.57 Å². The molecule has 0 radical (unpaired) electrons. The number of carbonyl (C=O) groups excluding carboxylic acids is 1. The monoisotopic (exact) mass is 341 g/mol. The van der Waals surface area contributed by atoms with E-state index in [4.69, 9.17) is 11.6 Å². The Kier molecular flexibility index (Phi) is 4.67. The topological polar surface area (TPSA) is 66.4 Å². The summed E-state index contributed by atoms with van der Waals surface area (Å²) in [6.45, 7) is 0. The number of fused-ring (bicyclic) bond motifs is 1. The van der Waals surface area contributed by atoms with E-state index in [1.165, 1.54) is 5.56 Å². The molecule has 1 atom stereocenters. The van der Waals surface area contributed by atoms with Gasteiger partial charge in [-0.15, -0.1) is 0 Å². The first-order valence-corrected chi connectivity index (χ1v) is 7.99. The van der Waals surface area contributed by atoms with Gasteiger partial charge in [0.1, 0.15) is 6.04 Å². The van der Waals surface area contributed by atoms with E-state index in [0.717, 1.165) is 17.6 Å². The third-order valence-electron chi connectivity index (χ3n) is 4.07. The zero-order valence-electron chi connectivity index (χ0n) is 12.8. The van der Waals surface area contributed by atoms with E-state index >= 15 is 0 Å². The molecule has 0 saturated heterocycles. The predicted molar refractivity (Wildman–Crippen MR) is 93.1 cm³/mol. The highest BCUT2D eigenvalue weighted by Crippen LogP contribution is 2.30. The molecule has 3 rings (SSSR count). The molecule has 0 spiro atoms. The second kappa shape index (κ2) is 6.89. The number of hydrogen-bond acceptors (Lipinski definition) is 2. The number of rotatable bonds is 5. The number of benzene rings is 2. The lowest BCUT2D eigenvalue weighted by Gasteiger charge is -2.16. The molecule has 5 heteroatoms. The van der Waals surface area contributed by atoms with Crippen LogP contribution in [0.3, 0.4) is 0 Å². The minimum absolute atomic E-state index is 0.256. The van der Waals surface area contributed by atoms with Crippen molar-refractivity contribution in [3.63, 3.8) is 0 Å². The maximum absolute atomic E-state index is 12.3. The average Bonchev–Trinajstić information content (AvgIpc) is 2.98. The van der Waals surface area contributed by atoms with Crippen molar-refractivity contribution in [1.29, 1.82) is 0 Å². The molecule has 122 valence electrons. The lowest BCUT2D eigenvalue weighted by atomic mass is 9.99. The Balaban J connectivity index is 1.73. The highest BCUT2D eigenvalue weighted by atomic mass is 35.5. The summed E-state index contributed by atoms with van der Waals surface area (Å²) in [5.41, 5.74) is 3.58. The molecule has 1 aliphatic carbocycles. The molecule has 0 saturated carbocycles. The zero-order valence-corrected chi connectivity index (χ0v) is 13.6. The molecule has 2 aromatic carbocycles. The summed E-state index contributed by atoms with van der Waals surface area (Å²) in [5.74, 6) is -1.48. The number of carboxylic acids is 1. The van der Waals surface area contributed by atoms with Crippen LogP contribution in [0.1, 0.15) is 27.9 Å². The fraction of sp³-hybridized carbons (Fsp3) is 0.158. The van der Waals surface area contributed by atoms with Gasteiger partial charge in [-0.2, -0.15) is 0 Å². The number of aliphatic carboxylic acids is 1. The predicted octanol–water partition coefficient (Wildman–Crippen LogP) is 3.55. The third-order valence-corrected chi connectivity index (χ3v) is 4.32. The largest absolute Gasteiger partial charge is 0.480 e. The Labute approximate surface area is 144 Å². The summed E-state index contributed by atoms with van der Waals surface area (Å²) in [6, 6.07) is 13.3. The lowest BCUT2D eigenvalue weighted by Crippen LogP contribution is -2.40. The second-order valence-corrected chi connectivity index (χ2v) is 6.10. The van der Waals surface area contributed by atoms with Gasteiger partial charge in [0.05, 0.1) is 0 Å². The van der Waals surface area contributed by atoms with E-state index in [-0.39, 0.29) is 6.42 Å². The molecule has 0 heterocycles. The number of carbonyl (C=O) groups is 2. The van der Waals surface area contributed by atoms with E-state index in [9.17, 15) is 14.7 Å². The second-order valence-electron chi connectivity index (χ2n) is 5.67. The normalized spacial score (nSPS) is 13.8. The maximum atomic E-state index is 12.3. The fourth-order valence-electron chi connectivity index (χ4n) is 2.81. The van der Waals surface area contributed by atoms with Gasteiger partial charge in [0, 0.05) is 17.0 Å². The van der Waals surface area contributed by atoms with Gasteiger partial charge in [-0.1, -0.05) is 41.9 Å². The molecule has 4 nitrogen and oxygen atoms in total. The fourth-order valence-corrected chi connectivity index (χ4v) is 2.94. The van der Waals surface area contributed by atoms with E-state index in [2.05, 4.69) is 5.32 Å². The van der Waals surface area contributed by atoms with Crippen LogP contribution in [0.15, 0.2) is 54.6 Å². The summed E-state index contributed by atoms with van der Waals surface area (Å²) in [7, 11) is 0. The number of hydrogen-bond donors (Lipinski definition) is 2. The standard InChI is InChI=1S/C19H16ClNO3/c20-15-9-7-13(8-10-15)18(22)21-17(19(23)24)11-14-6-5-12-3-1-2-4-16(12)14/h1-4,6-10,17H,5,11H2,(H,21,22)(H,23,24)/t17-/m0/s1. The molecule has 0 fully saturated rings. The van der Waals surface area contributed by atoms with E-state index in [1.54, 1.807) is 24.3 Å². The van der Waals surface area contributed by atoms with Gasteiger partial charge in [0.15, 0.2) is 0 Å². The molecule has 0 aromatic heterocycles. The van der Waals surface area contributed by atoms with Crippen molar-refractivity contribution in [2.24, 2.45) is 0 Å². The first-order valence-electron chi connectivity index (χ1n) is 7.61. The minimum atomic E-state index is -1.05. The summed E-state index contributed by atoms with van der Waals surface area (Å²) >= 11 is 5.80. The molecule has 2 N–H and O–H groups in total. The number of allylic oxidation sites excluding steroid dienone is 1. The molecular weight excluding hydrogens is 326 g/mol. The van der Waals surface area contributed by atoms with Crippen LogP contribution in [0.4, 0.5) is 0 Å². The Morgan fingerprint density at radius 1 is 1.12 bits per heavy atom. The summed E-state index contributed by atoms with van der Waals surface area (Å²) < 4.78 is 0. The van der Waals surface area contributed by atoms with E-state index in [0.29, 0.717) is 10.6 Å². The van der Waals surface area contributed by atoms with Crippen molar-refractivity contribution in [3.8, 4) is 0 Å². The van der Waals surface area contributed by atoms with Gasteiger partial charge >= 0.3 is 5.97 Å². The minimum Gasteiger partial charge on any atom is -0.480 e. The average molecular weight is 342 g/mol. The molecule has 0 unspecified atom stereocenters.